The molecule has 0 saturated heterocycles. The van der Waals surface area contributed by atoms with Crippen molar-refractivity contribution >= 4 is 0 Å². The Morgan fingerprint density at radius 3 is 3.12 bits per heavy atom. The topological polar surface area (TPSA) is 58.5 Å². The van der Waals surface area contributed by atoms with Gasteiger partial charge < -0.3 is 10.3 Å². The number of rotatable bonds is 1. The first-order chi connectivity index (χ1) is 7.75. The van der Waals surface area contributed by atoms with E-state index >= 15 is 0 Å². The minimum absolute atomic E-state index is 0.184. The minimum Gasteiger partial charge on any atom is -0.348 e. The lowest BCUT2D eigenvalue weighted by Gasteiger charge is -2.22. The highest BCUT2D eigenvalue weighted by Crippen LogP contribution is 2.27. The average Bonchev–Trinajstić information content (AvgIpc) is 2.84. The molecule has 2 N–H and O–H groups in total. The Kier molecular flexibility index (Phi) is 2.07. The van der Waals surface area contributed by atoms with Crippen molar-refractivity contribution in [1.29, 1.82) is 0 Å². The lowest BCUT2D eigenvalue weighted by atomic mass is 9.99. The quantitative estimate of drug-likeness (QED) is 0.738. The summed E-state index contributed by atoms with van der Waals surface area (Å²) in [6.45, 7) is 3.02. The summed E-state index contributed by atoms with van der Waals surface area (Å²) in [4.78, 5) is 7.62. The van der Waals surface area contributed by atoms with Crippen LogP contribution < -0.4 is 5.32 Å². The molecule has 3 heterocycles. The Bertz CT molecular complexity index is 510. The zero-order chi connectivity index (χ0) is 11.1. The molecule has 0 spiro atoms. The number of imidazole rings is 1. The summed E-state index contributed by atoms with van der Waals surface area (Å²) in [6, 6.07) is 0.184. The smallest absolute Gasteiger partial charge is 0.0926 e. The van der Waals surface area contributed by atoms with Crippen molar-refractivity contribution < 1.29 is 0 Å². The monoisotopic (exact) mass is 217 g/mol. The molecule has 0 aromatic carbocycles. The molecule has 2 aromatic rings. The van der Waals surface area contributed by atoms with Crippen LogP contribution in [0.4, 0.5) is 0 Å². The van der Waals surface area contributed by atoms with Crippen LogP contribution in [0.15, 0.2) is 12.5 Å². The molecule has 0 aliphatic carbocycles. The minimum atomic E-state index is 0.184. The van der Waals surface area contributed by atoms with Crippen LogP contribution in [0.2, 0.25) is 0 Å². The van der Waals surface area contributed by atoms with Crippen molar-refractivity contribution in [1.82, 2.24) is 25.1 Å². The fourth-order valence-electron chi connectivity index (χ4n) is 2.38. The van der Waals surface area contributed by atoms with Crippen molar-refractivity contribution in [2.75, 3.05) is 6.54 Å². The molecule has 1 unspecified atom stereocenters. The molecule has 1 aliphatic rings. The van der Waals surface area contributed by atoms with E-state index in [-0.39, 0.29) is 6.04 Å². The Hall–Kier alpha value is -1.62. The molecule has 3 rings (SSSR count). The maximum absolute atomic E-state index is 4.41. The number of nitrogens with one attached hydrogen (secondary N) is 2. The van der Waals surface area contributed by atoms with E-state index in [0.29, 0.717) is 0 Å². The molecule has 5 heteroatoms. The summed E-state index contributed by atoms with van der Waals surface area (Å²) < 4.78 is 1.85. The zero-order valence-electron chi connectivity index (χ0n) is 9.49. The first-order valence-corrected chi connectivity index (χ1v) is 5.51. The molecule has 1 atom stereocenters. The first kappa shape index (κ1) is 9.59. The molecule has 1 aliphatic heterocycles. The van der Waals surface area contributed by atoms with Crippen LogP contribution in [-0.2, 0) is 13.5 Å². The molecule has 0 saturated carbocycles. The Morgan fingerprint density at radius 1 is 1.50 bits per heavy atom. The maximum Gasteiger partial charge on any atom is 0.0926 e. The third-order valence-corrected chi connectivity index (χ3v) is 3.11. The molecular weight excluding hydrogens is 202 g/mol. The van der Waals surface area contributed by atoms with Crippen LogP contribution in [0.1, 0.15) is 28.7 Å². The number of nitrogens with zero attached hydrogens (tertiary/aromatic N) is 3. The van der Waals surface area contributed by atoms with E-state index in [0.717, 1.165) is 24.4 Å². The standard InChI is InChI=1S/C11H15N5/c1-7-8(5-16(2)15-7)10-11-9(3-4-12-10)13-6-14-11/h5-6,10,12H,3-4H2,1-2H3,(H,13,14). The molecule has 16 heavy (non-hydrogen) atoms. The molecule has 0 radical (unpaired) electrons. The molecular formula is C11H15N5. The number of aromatic amines is 1. The van der Waals surface area contributed by atoms with Crippen LogP contribution in [0, 0.1) is 6.92 Å². The second-order valence-corrected chi connectivity index (χ2v) is 4.25. The first-order valence-electron chi connectivity index (χ1n) is 5.51. The predicted octanol–water partition coefficient (Wildman–Crippen LogP) is 0.687. The van der Waals surface area contributed by atoms with E-state index in [4.69, 9.17) is 0 Å². The molecule has 5 nitrogen and oxygen atoms in total. The zero-order valence-corrected chi connectivity index (χ0v) is 9.49. The predicted molar refractivity (Wildman–Crippen MR) is 60.1 cm³/mol. The second kappa shape index (κ2) is 3.45. The maximum atomic E-state index is 4.41. The summed E-state index contributed by atoms with van der Waals surface area (Å²) in [5.74, 6) is 0. The van der Waals surface area contributed by atoms with Gasteiger partial charge in [-0.05, 0) is 6.92 Å². The Labute approximate surface area is 93.9 Å². The summed E-state index contributed by atoms with van der Waals surface area (Å²) in [5.41, 5.74) is 4.64. The van der Waals surface area contributed by atoms with E-state index in [1.165, 1.54) is 11.3 Å². The number of hydrogen-bond donors (Lipinski definition) is 2. The van der Waals surface area contributed by atoms with Crippen molar-refractivity contribution in [3.05, 3.63) is 35.2 Å². The second-order valence-electron chi connectivity index (χ2n) is 4.25. The van der Waals surface area contributed by atoms with Crippen molar-refractivity contribution in [3.63, 3.8) is 0 Å². The molecule has 84 valence electrons. The fraction of sp³-hybridized carbons (Fsp3) is 0.455. The van der Waals surface area contributed by atoms with Gasteiger partial charge in [0.05, 0.1) is 23.8 Å². The van der Waals surface area contributed by atoms with Crippen LogP contribution in [-0.4, -0.2) is 26.3 Å². The van der Waals surface area contributed by atoms with E-state index in [1.807, 2.05) is 18.7 Å². The van der Waals surface area contributed by atoms with E-state index in [2.05, 4.69) is 26.6 Å². The van der Waals surface area contributed by atoms with Crippen LogP contribution in [0.3, 0.4) is 0 Å². The lowest BCUT2D eigenvalue weighted by Crippen LogP contribution is -2.30. The highest BCUT2D eigenvalue weighted by molar-refractivity contribution is 5.33. The van der Waals surface area contributed by atoms with Gasteiger partial charge in [0.1, 0.15) is 0 Å². The van der Waals surface area contributed by atoms with Gasteiger partial charge in [-0.2, -0.15) is 5.10 Å². The van der Waals surface area contributed by atoms with Crippen LogP contribution in [0.25, 0.3) is 0 Å². The summed E-state index contributed by atoms with van der Waals surface area (Å²) in [7, 11) is 1.95. The van der Waals surface area contributed by atoms with Gasteiger partial charge in [0.25, 0.3) is 0 Å². The van der Waals surface area contributed by atoms with Gasteiger partial charge in [-0.1, -0.05) is 0 Å². The molecule has 0 amide bonds. The van der Waals surface area contributed by atoms with E-state index in [9.17, 15) is 0 Å². The largest absolute Gasteiger partial charge is 0.348 e. The number of fused-ring (bicyclic) bond motifs is 1. The van der Waals surface area contributed by atoms with Crippen molar-refractivity contribution in [2.24, 2.45) is 7.05 Å². The van der Waals surface area contributed by atoms with Gasteiger partial charge in [-0.25, -0.2) is 4.98 Å². The van der Waals surface area contributed by atoms with Crippen molar-refractivity contribution in [3.8, 4) is 0 Å². The van der Waals surface area contributed by atoms with Crippen molar-refractivity contribution in [2.45, 2.75) is 19.4 Å². The normalized spacial score (nSPS) is 19.8. The summed E-state index contributed by atoms with van der Waals surface area (Å²) >= 11 is 0. The molecule has 0 bridgehead atoms. The van der Waals surface area contributed by atoms with Gasteiger partial charge in [-0.3, -0.25) is 4.68 Å². The lowest BCUT2D eigenvalue weighted by molar-refractivity contribution is 0.551. The van der Waals surface area contributed by atoms with E-state index in [1.54, 1.807) is 6.33 Å². The number of H-pyrrole nitrogens is 1. The summed E-state index contributed by atoms with van der Waals surface area (Å²) in [5, 5.41) is 7.88. The van der Waals surface area contributed by atoms with Gasteiger partial charge >= 0.3 is 0 Å². The van der Waals surface area contributed by atoms with Gasteiger partial charge in [0.15, 0.2) is 0 Å². The van der Waals surface area contributed by atoms with Gasteiger partial charge in [-0.15, -0.1) is 0 Å². The number of aryl methyl sites for hydroxylation is 2. The van der Waals surface area contributed by atoms with Gasteiger partial charge in [0, 0.05) is 37.5 Å². The number of hydrogen-bond acceptors (Lipinski definition) is 3. The molecule has 0 fully saturated rings. The SMILES string of the molecule is Cc1nn(C)cc1C1NCCc2[nH]cnc21. The fourth-order valence-corrected chi connectivity index (χ4v) is 2.38. The summed E-state index contributed by atoms with van der Waals surface area (Å²) in [6.07, 6.45) is 4.86. The Morgan fingerprint density at radius 2 is 2.38 bits per heavy atom. The van der Waals surface area contributed by atoms with Crippen LogP contribution in [0.5, 0.6) is 0 Å². The Balaban J connectivity index is 2.07. The van der Waals surface area contributed by atoms with E-state index < -0.39 is 0 Å². The third kappa shape index (κ3) is 1.36. The molecule has 2 aromatic heterocycles. The third-order valence-electron chi connectivity index (χ3n) is 3.11. The number of aromatic nitrogens is 4. The highest BCUT2D eigenvalue weighted by Gasteiger charge is 2.26. The average molecular weight is 217 g/mol. The van der Waals surface area contributed by atoms with Gasteiger partial charge in [0.2, 0.25) is 0 Å². The highest BCUT2D eigenvalue weighted by atomic mass is 15.3. The van der Waals surface area contributed by atoms with Crippen LogP contribution >= 0.6 is 0 Å².